The molecule has 0 atom stereocenters. The maximum absolute atomic E-state index is 14.7. The molecular formula is C23H29FN4O2S. The molecule has 1 aliphatic heterocycles. The van der Waals surface area contributed by atoms with E-state index in [9.17, 15) is 9.18 Å². The monoisotopic (exact) mass is 444 g/mol. The lowest BCUT2D eigenvalue weighted by Crippen LogP contribution is -2.41. The number of ether oxygens (including phenoxy) is 1. The maximum atomic E-state index is 14.7. The number of aromatic nitrogens is 3. The summed E-state index contributed by atoms with van der Waals surface area (Å²) in [5, 5.41) is 7.38. The largest absolute Gasteiger partial charge is 0.444 e. The van der Waals surface area contributed by atoms with Crippen molar-refractivity contribution >= 4 is 28.3 Å². The van der Waals surface area contributed by atoms with E-state index in [1.165, 1.54) is 6.07 Å². The number of para-hydroxylation sites is 1. The van der Waals surface area contributed by atoms with Crippen molar-refractivity contribution in [1.29, 1.82) is 0 Å². The zero-order chi connectivity index (χ0) is 22.3. The van der Waals surface area contributed by atoms with Gasteiger partial charge in [-0.1, -0.05) is 37.3 Å². The van der Waals surface area contributed by atoms with E-state index in [0.717, 1.165) is 33.9 Å². The zero-order valence-corrected chi connectivity index (χ0v) is 19.5. The van der Waals surface area contributed by atoms with Crippen LogP contribution >= 0.6 is 11.3 Å². The van der Waals surface area contributed by atoms with E-state index in [1.807, 2.05) is 26.8 Å². The Labute approximate surface area is 186 Å². The zero-order valence-electron chi connectivity index (χ0n) is 18.7. The Morgan fingerprint density at radius 3 is 2.61 bits per heavy atom. The predicted octanol–water partition coefficient (Wildman–Crippen LogP) is 5.86. The van der Waals surface area contributed by atoms with Gasteiger partial charge in [-0.05, 0) is 45.6 Å². The van der Waals surface area contributed by atoms with Crippen LogP contribution < -0.4 is 0 Å². The van der Waals surface area contributed by atoms with Crippen molar-refractivity contribution in [2.75, 3.05) is 13.1 Å². The Morgan fingerprint density at radius 1 is 1.26 bits per heavy atom. The van der Waals surface area contributed by atoms with E-state index in [-0.39, 0.29) is 23.7 Å². The molecule has 0 radical (unpaired) electrons. The molecule has 1 aliphatic rings. The summed E-state index contributed by atoms with van der Waals surface area (Å²) in [5.41, 5.74) is 0.894. The van der Waals surface area contributed by atoms with Gasteiger partial charge in [-0.2, -0.15) is 5.10 Å². The maximum Gasteiger partial charge on any atom is 0.410 e. The van der Waals surface area contributed by atoms with Gasteiger partial charge >= 0.3 is 6.09 Å². The Morgan fingerprint density at radius 2 is 1.97 bits per heavy atom. The Balaban J connectivity index is 1.53. The molecule has 8 heteroatoms. The highest BCUT2D eigenvalue weighted by Crippen LogP contribution is 2.35. The van der Waals surface area contributed by atoms with E-state index in [4.69, 9.17) is 9.84 Å². The predicted molar refractivity (Wildman–Crippen MR) is 121 cm³/mol. The first-order valence-corrected chi connectivity index (χ1v) is 11.6. The fraction of sp³-hybridized carbons (Fsp3) is 0.522. The summed E-state index contributed by atoms with van der Waals surface area (Å²) < 4.78 is 21.9. The molecular weight excluding hydrogens is 415 g/mol. The standard InChI is InChI=1S/C23H29FN4O2S/c1-14(2)19-16-7-6-8-17(24)20(16)28(26-19)18-13-25-21(31-18)15-9-11-27(12-10-15)22(29)30-23(3,4)5/h6-8,13-15H,9-12H2,1-5H3. The van der Waals surface area contributed by atoms with Gasteiger partial charge in [0.1, 0.15) is 21.9 Å². The van der Waals surface area contributed by atoms with Crippen LogP contribution in [0, 0.1) is 5.82 Å². The van der Waals surface area contributed by atoms with Gasteiger partial charge in [0.2, 0.25) is 0 Å². The summed E-state index contributed by atoms with van der Waals surface area (Å²) in [4.78, 5) is 18.7. The van der Waals surface area contributed by atoms with Crippen molar-refractivity contribution in [1.82, 2.24) is 19.7 Å². The summed E-state index contributed by atoms with van der Waals surface area (Å²) in [5.74, 6) is 0.182. The number of halogens is 1. The van der Waals surface area contributed by atoms with Gasteiger partial charge < -0.3 is 9.64 Å². The van der Waals surface area contributed by atoms with E-state index in [1.54, 1.807) is 33.2 Å². The highest BCUT2D eigenvalue weighted by atomic mass is 32.1. The molecule has 0 unspecified atom stereocenters. The van der Waals surface area contributed by atoms with Crippen molar-refractivity contribution in [2.24, 2.45) is 0 Å². The van der Waals surface area contributed by atoms with Crippen molar-refractivity contribution in [2.45, 2.75) is 64.9 Å². The van der Waals surface area contributed by atoms with Crippen LogP contribution in [-0.2, 0) is 4.74 Å². The fourth-order valence-corrected chi connectivity index (χ4v) is 4.98. The Hall–Kier alpha value is -2.48. The van der Waals surface area contributed by atoms with Crippen LogP contribution in [0.3, 0.4) is 0 Å². The minimum atomic E-state index is -0.491. The smallest absolute Gasteiger partial charge is 0.410 e. The third-order valence-electron chi connectivity index (χ3n) is 5.45. The van der Waals surface area contributed by atoms with Gasteiger partial charge in [0.05, 0.1) is 16.9 Å². The average Bonchev–Trinajstić information content (AvgIpc) is 3.32. The van der Waals surface area contributed by atoms with Crippen molar-refractivity contribution in [3.05, 3.63) is 40.9 Å². The molecule has 6 nitrogen and oxygen atoms in total. The third-order valence-corrected chi connectivity index (χ3v) is 6.58. The van der Waals surface area contributed by atoms with Crippen molar-refractivity contribution < 1.29 is 13.9 Å². The van der Waals surface area contributed by atoms with Crippen LogP contribution in [0.15, 0.2) is 24.4 Å². The number of hydrogen-bond donors (Lipinski definition) is 0. The number of fused-ring (bicyclic) bond motifs is 1. The molecule has 3 heterocycles. The summed E-state index contributed by atoms with van der Waals surface area (Å²) >= 11 is 1.55. The molecule has 166 valence electrons. The van der Waals surface area contributed by atoms with Crippen LogP contribution in [0.5, 0.6) is 0 Å². The molecule has 2 aromatic heterocycles. The molecule has 0 aliphatic carbocycles. The van der Waals surface area contributed by atoms with Gasteiger partial charge in [-0.3, -0.25) is 0 Å². The minimum Gasteiger partial charge on any atom is -0.444 e. The summed E-state index contributed by atoms with van der Waals surface area (Å²) in [6, 6.07) is 5.12. The lowest BCUT2D eigenvalue weighted by atomic mass is 9.98. The van der Waals surface area contributed by atoms with Gasteiger partial charge in [0, 0.05) is 24.4 Å². The Bertz CT molecular complexity index is 1090. The second-order valence-corrected chi connectivity index (χ2v) is 10.4. The first-order chi connectivity index (χ1) is 14.6. The van der Waals surface area contributed by atoms with Crippen LogP contribution in [0.4, 0.5) is 9.18 Å². The molecule has 1 saturated heterocycles. The molecule has 1 aromatic carbocycles. The van der Waals surface area contributed by atoms with E-state index in [2.05, 4.69) is 18.8 Å². The number of hydrogen-bond acceptors (Lipinski definition) is 5. The number of benzene rings is 1. The number of carbonyl (C=O) groups excluding carboxylic acids is 1. The van der Waals surface area contributed by atoms with E-state index in [0.29, 0.717) is 18.6 Å². The summed E-state index contributed by atoms with van der Waals surface area (Å²) in [6.45, 7) is 11.0. The van der Waals surface area contributed by atoms with Gasteiger partial charge in [0.25, 0.3) is 0 Å². The second-order valence-electron chi connectivity index (χ2n) is 9.37. The van der Waals surface area contributed by atoms with Crippen molar-refractivity contribution in [3.8, 4) is 5.00 Å². The molecule has 0 saturated carbocycles. The second kappa shape index (κ2) is 8.22. The van der Waals surface area contributed by atoms with Crippen molar-refractivity contribution in [3.63, 3.8) is 0 Å². The molecule has 3 aromatic rings. The SMILES string of the molecule is CC(C)c1nn(-c2cnc(C3CCN(C(=O)OC(C)(C)C)CC3)s2)c2c(F)cccc12. The lowest BCUT2D eigenvalue weighted by Gasteiger charge is -2.32. The number of thiazole rings is 1. The van der Waals surface area contributed by atoms with E-state index >= 15 is 0 Å². The lowest BCUT2D eigenvalue weighted by molar-refractivity contribution is 0.0205. The van der Waals surface area contributed by atoms with Crippen LogP contribution in [-0.4, -0.2) is 44.4 Å². The van der Waals surface area contributed by atoms with Crippen LogP contribution in [0.2, 0.25) is 0 Å². The molecule has 1 amide bonds. The fourth-order valence-electron chi connectivity index (χ4n) is 3.94. The number of nitrogens with zero attached hydrogens (tertiary/aromatic N) is 4. The number of piperidine rings is 1. The topological polar surface area (TPSA) is 60.2 Å². The number of rotatable bonds is 3. The highest BCUT2D eigenvalue weighted by Gasteiger charge is 2.29. The number of amides is 1. The van der Waals surface area contributed by atoms with Gasteiger partial charge in [0.15, 0.2) is 0 Å². The molecule has 31 heavy (non-hydrogen) atoms. The molecule has 0 bridgehead atoms. The summed E-state index contributed by atoms with van der Waals surface area (Å²) in [7, 11) is 0. The molecule has 4 rings (SSSR count). The molecule has 1 fully saturated rings. The normalized spacial score (nSPS) is 15.8. The third kappa shape index (κ3) is 4.44. The number of carbonyl (C=O) groups is 1. The van der Waals surface area contributed by atoms with Gasteiger partial charge in [-0.25, -0.2) is 18.9 Å². The number of likely N-dealkylation sites (tertiary alicyclic amines) is 1. The summed E-state index contributed by atoms with van der Waals surface area (Å²) in [6.07, 6.45) is 3.18. The Kier molecular flexibility index (Phi) is 5.77. The molecule has 0 spiro atoms. The molecule has 0 N–H and O–H groups in total. The minimum absolute atomic E-state index is 0.190. The van der Waals surface area contributed by atoms with Gasteiger partial charge in [-0.15, -0.1) is 0 Å². The highest BCUT2D eigenvalue weighted by molar-refractivity contribution is 7.14. The first kappa shape index (κ1) is 21.7. The average molecular weight is 445 g/mol. The quantitative estimate of drug-likeness (QED) is 0.508. The van der Waals surface area contributed by atoms with Crippen LogP contribution in [0.25, 0.3) is 15.9 Å². The van der Waals surface area contributed by atoms with Crippen LogP contribution in [0.1, 0.15) is 70.0 Å². The first-order valence-electron chi connectivity index (χ1n) is 10.7. The van der Waals surface area contributed by atoms with E-state index < -0.39 is 5.60 Å².